The second kappa shape index (κ2) is 22.1. The van der Waals surface area contributed by atoms with Crippen molar-refractivity contribution in [3.05, 3.63) is 143 Å². The molecule has 0 aliphatic carbocycles. The lowest BCUT2D eigenvalue weighted by atomic mass is 9.72. The summed E-state index contributed by atoms with van der Waals surface area (Å²) in [5, 5.41) is 5.32. The summed E-state index contributed by atoms with van der Waals surface area (Å²) in [4.78, 5) is 6.86. The number of hydrogen-bond acceptors (Lipinski definition) is 3. The summed E-state index contributed by atoms with van der Waals surface area (Å²) in [5.41, 5.74) is 12.1. The number of para-hydroxylation sites is 2. The van der Waals surface area contributed by atoms with E-state index < -0.39 is 0 Å². The van der Waals surface area contributed by atoms with Crippen LogP contribution in [0.3, 0.4) is 0 Å². The number of aromatic amines is 2. The average Bonchev–Trinajstić information content (AvgIpc) is 3.86. The van der Waals surface area contributed by atoms with Crippen molar-refractivity contribution >= 4 is 62.5 Å². The van der Waals surface area contributed by atoms with Gasteiger partial charge in [-0.3, -0.25) is 0 Å². The zero-order valence-electron chi connectivity index (χ0n) is 41.8. The molecular formula is C58H76N2O3P2. The van der Waals surface area contributed by atoms with Gasteiger partial charge in [0.1, 0.15) is 0 Å². The highest BCUT2D eigenvalue weighted by molar-refractivity contribution is 7.10. The molecule has 2 unspecified atom stereocenters. The maximum absolute atomic E-state index is 6.42. The molecule has 1 aliphatic rings. The summed E-state index contributed by atoms with van der Waals surface area (Å²) >= 11 is 0. The van der Waals surface area contributed by atoms with Crippen LogP contribution in [-0.2, 0) is 29.1 Å². The summed E-state index contributed by atoms with van der Waals surface area (Å²) in [7, 11) is 4.71. The van der Waals surface area contributed by atoms with E-state index >= 15 is 0 Å². The van der Waals surface area contributed by atoms with Crippen LogP contribution >= 0.6 is 18.9 Å². The normalized spacial score (nSPS) is 12.6. The number of hydrogen-bond donors (Lipinski definition) is 2. The largest absolute Gasteiger partial charge is 0.476 e. The summed E-state index contributed by atoms with van der Waals surface area (Å²) in [6.07, 6.45) is 6.07. The van der Waals surface area contributed by atoms with E-state index in [9.17, 15) is 0 Å². The van der Waals surface area contributed by atoms with Gasteiger partial charge in [-0.05, 0) is 94.5 Å². The first-order valence-corrected chi connectivity index (χ1v) is 24.6. The van der Waals surface area contributed by atoms with Crippen molar-refractivity contribution in [3.63, 3.8) is 0 Å². The van der Waals surface area contributed by atoms with Crippen LogP contribution in [0.15, 0.2) is 109 Å². The van der Waals surface area contributed by atoms with Gasteiger partial charge < -0.3 is 23.8 Å². The third-order valence-corrected chi connectivity index (χ3v) is 12.6. The van der Waals surface area contributed by atoms with E-state index in [1.807, 2.05) is 0 Å². The van der Waals surface area contributed by atoms with Crippen LogP contribution in [0.1, 0.15) is 150 Å². The van der Waals surface area contributed by atoms with Gasteiger partial charge in [-0.2, -0.15) is 0 Å². The third-order valence-electron chi connectivity index (χ3n) is 12.1. The van der Waals surface area contributed by atoms with E-state index in [1.54, 1.807) is 0 Å². The number of rotatable bonds is 5. The van der Waals surface area contributed by atoms with E-state index in [1.165, 1.54) is 85.1 Å². The van der Waals surface area contributed by atoms with Crippen molar-refractivity contribution in [2.75, 3.05) is 0 Å². The number of ether oxygens (including phenoxy) is 1. The molecule has 1 aliphatic heterocycles. The molecule has 0 bridgehead atoms. The lowest BCUT2D eigenvalue weighted by Gasteiger charge is -2.38. The quantitative estimate of drug-likeness (QED) is 0.169. The fourth-order valence-corrected chi connectivity index (χ4v) is 8.21. The molecule has 0 amide bonds. The Balaban J connectivity index is 0.000000181. The molecule has 0 fully saturated rings. The summed E-state index contributed by atoms with van der Waals surface area (Å²) in [6, 6.07) is 38.9. The second-order valence-corrected chi connectivity index (χ2v) is 20.2. The summed E-state index contributed by atoms with van der Waals surface area (Å²) in [5.74, 6) is 2.96. The Labute approximate surface area is 395 Å². The van der Waals surface area contributed by atoms with Crippen LogP contribution in [-0.4, -0.2) is 9.97 Å². The highest BCUT2D eigenvalue weighted by Crippen LogP contribution is 2.56. The molecule has 9 rings (SSSR count). The van der Waals surface area contributed by atoms with Crippen LogP contribution in [0.5, 0.6) is 23.0 Å². The Morgan fingerprint density at radius 1 is 0.492 bits per heavy atom. The fraction of sp³-hybridized carbons (Fsp3) is 0.379. The number of aryl methyl sites for hydroxylation is 2. The molecule has 0 saturated carbocycles. The molecule has 7 heteroatoms. The molecule has 0 radical (unpaired) electrons. The molecule has 6 aromatic carbocycles. The number of benzene rings is 6. The zero-order chi connectivity index (χ0) is 47.7. The predicted octanol–water partition coefficient (Wildman–Crippen LogP) is 18.0. The van der Waals surface area contributed by atoms with Crippen LogP contribution in [0, 0.1) is 0 Å². The number of aromatic nitrogens is 2. The number of fused-ring (bicyclic) bond motifs is 8. The first-order chi connectivity index (χ1) is 30.9. The van der Waals surface area contributed by atoms with E-state index in [2.05, 4.69) is 235 Å². The third kappa shape index (κ3) is 11.8. The van der Waals surface area contributed by atoms with Gasteiger partial charge in [-0.15, -0.1) is 0 Å². The average molecular weight is 911 g/mol. The Morgan fingerprint density at radius 2 is 0.846 bits per heavy atom. The molecule has 65 heavy (non-hydrogen) atoms. The van der Waals surface area contributed by atoms with Crippen molar-refractivity contribution in [2.45, 2.75) is 145 Å². The number of nitrogens with one attached hydrogen (secondary N) is 2. The Morgan fingerprint density at radius 3 is 1.17 bits per heavy atom. The molecule has 2 aromatic heterocycles. The molecule has 2 atom stereocenters. The lowest BCUT2D eigenvalue weighted by molar-refractivity contribution is 0.386. The second-order valence-electron chi connectivity index (χ2n) is 19.7. The molecule has 5 nitrogen and oxygen atoms in total. The minimum absolute atomic E-state index is 0.00488. The highest BCUT2D eigenvalue weighted by Gasteiger charge is 2.40. The van der Waals surface area contributed by atoms with Gasteiger partial charge >= 0.3 is 0 Å². The van der Waals surface area contributed by atoms with Crippen molar-refractivity contribution in [1.29, 1.82) is 0 Å². The maximum atomic E-state index is 6.42. The van der Waals surface area contributed by atoms with Crippen molar-refractivity contribution in [2.24, 2.45) is 0 Å². The van der Waals surface area contributed by atoms with Gasteiger partial charge in [0.05, 0.1) is 18.9 Å². The van der Waals surface area contributed by atoms with Gasteiger partial charge in [0.25, 0.3) is 0 Å². The van der Waals surface area contributed by atoms with Crippen molar-refractivity contribution < 1.29 is 13.8 Å². The Bertz CT molecular complexity index is 2630. The predicted molar refractivity (Wildman–Crippen MR) is 290 cm³/mol. The molecular weight excluding hydrogens is 835 g/mol. The summed E-state index contributed by atoms with van der Waals surface area (Å²) < 4.78 is 17.7. The Kier molecular flexibility index (Phi) is 17.4. The van der Waals surface area contributed by atoms with Crippen molar-refractivity contribution in [1.82, 2.24) is 9.97 Å². The molecule has 3 heterocycles. The van der Waals surface area contributed by atoms with Crippen LogP contribution in [0.2, 0.25) is 0 Å². The zero-order valence-corrected chi connectivity index (χ0v) is 44.1. The van der Waals surface area contributed by atoms with E-state index in [-0.39, 0.29) is 16.2 Å². The SMILES string of the molecule is CC(C)(C)c1cc(OP)c2c(c1)C(C)(C)c1cc(C(C)(C)C)cc(OP)c1O2.CCC.CCCC.CCc1ccc2[nH]c3ccccc3c2c1.CCc1ccc2[nH]c3ccccc3c2c1. The highest BCUT2D eigenvalue weighted by atomic mass is 31.0. The number of H-pyrrole nitrogens is 2. The maximum Gasteiger partial charge on any atom is 0.173 e. The van der Waals surface area contributed by atoms with Gasteiger partial charge in [-0.1, -0.05) is 177 Å². The van der Waals surface area contributed by atoms with E-state index in [0.717, 1.165) is 47.0 Å². The number of unbranched alkanes of at least 4 members (excludes halogenated alkanes) is 1. The first-order valence-electron chi connectivity index (χ1n) is 23.7. The molecule has 346 valence electrons. The standard InChI is InChI=1S/C23H32O3P2.2C14H13N.C4H10.C3H8/c1-21(2,3)13-9-15-19(17(11-13)25-27)24-20-16(23(15,7)8)10-14(22(4,5)6)12-18(20)26-28;2*1-2-10-7-8-14-12(9-10)11-5-3-4-6-13(11)15-14;1-3-4-2;1-3-2/h9-12H,27-28H2,1-8H3;2*3-9,15H,2H2,1H3;3-4H2,1-2H3;3H2,1-2H3. The van der Waals surface area contributed by atoms with E-state index in [0.29, 0.717) is 0 Å². The van der Waals surface area contributed by atoms with Gasteiger partial charge in [0.2, 0.25) is 0 Å². The fourth-order valence-electron chi connectivity index (χ4n) is 7.86. The minimum Gasteiger partial charge on any atom is -0.476 e. The lowest BCUT2D eigenvalue weighted by Crippen LogP contribution is -2.27. The smallest absolute Gasteiger partial charge is 0.173 e. The minimum atomic E-state index is -0.263. The molecule has 0 saturated heterocycles. The molecule has 8 aromatic rings. The van der Waals surface area contributed by atoms with Gasteiger partial charge in [-0.25, -0.2) is 0 Å². The van der Waals surface area contributed by atoms with Gasteiger partial charge in [0, 0.05) is 60.2 Å². The monoisotopic (exact) mass is 911 g/mol. The van der Waals surface area contributed by atoms with Gasteiger partial charge in [0.15, 0.2) is 23.0 Å². The first kappa shape index (κ1) is 51.2. The molecule has 2 N–H and O–H groups in total. The van der Waals surface area contributed by atoms with Crippen molar-refractivity contribution in [3.8, 4) is 23.0 Å². The molecule has 0 spiro atoms. The van der Waals surface area contributed by atoms with E-state index in [4.69, 9.17) is 13.8 Å². The van der Waals surface area contributed by atoms with Crippen LogP contribution < -0.4 is 13.8 Å². The van der Waals surface area contributed by atoms with Crippen LogP contribution in [0.25, 0.3) is 43.6 Å². The summed E-state index contributed by atoms with van der Waals surface area (Å²) in [6.45, 7) is 30.7. The Hall–Kier alpha value is -4.82. The van der Waals surface area contributed by atoms with Crippen LogP contribution in [0.4, 0.5) is 0 Å². The topological polar surface area (TPSA) is 59.3 Å².